The molecule has 2 aliphatic rings. The van der Waals surface area contributed by atoms with Crippen molar-refractivity contribution in [2.24, 2.45) is 11.8 Å². The summed E-state index contributed by atoms with van der Waals surface area (Å²) in [5, 5.41) is 9.21. The lowest BCUT2D eigenvalue weighted by Crippen LogP contribution is -2.37. The van der Waals surface area contributed by atoms with E-state index in [4.69, 9.17) is 0 Å². The average molecular weight is 287 g/mol. The number of rotatable bonds is 5. The minimum Gasteiger partial charge on any atom is -0.481 e. The van der Waals surface area contributed by atoms with Crippen molar-refractivity contribution in [3.63, 3.8) is 0 Å². The van der Waals surface area contributed by atoms with Gasteiger partial charge in [-0.25, -0.2) is 0 Å². The predicted octanol–water partition coefficient (Wildman–Crippen LogP) is 3.72. The third-order valence-corrected chi connectivity index (χ3v) is 5.17. The van der Waals surface area contributed by atoms with E-state index < -0.39 is 5.97 Å². The number of carboxylic acid groups (broad SMARTS) is 1. The molecule has 0 bridgehead atoms. The van der Waals surface area contributed by atoms with E-state index in [0.717, 1.165) is 25.3 Å². The van der Waals surface area contributed by atoms with Crippen LogP contribution in [0.25, 0.3) is 0 Å². The molecular formula is C18H25NO2. The normalized spacial score (nSPS) is 23.3. The summed E-state index contributed by atoms with van der Waals surface area (Å²) in [6, 6.07) is 8.95. The molecule has 1 aliphatic heterocycles. The van der Waals surface area contributed by atoms with E-state index in [1.165, 1.54) is 36.9 Å². The molecule has 1 fully saturated rings. The Labute approximate surface area is 127 Å². The Morgan fingerprint density at radius 2 is 2.05 bits per heavy atom. The van der Waals surface area contributed by atoms with Crippen LogP contribution in [0.2, 0.25) is 0 Å². The SMILES string of the molecule is CC(CC1Cc2ccccc2N1CC1CCCC1)C(=O)O. The van der Waals surface area contributed by atoms with Crippen molar-refractivity contribution < 1.29 is 9.90 Å². The maximum atomic E-state index is 11.2. The van der Waals surface area contributed by atoms with Crippen LogP contribution in [0.3, 0.4) is 0 Å². The van der Waals surface area contributed by atoms with E-state index >= 15 is 0 Å². The first kappa shape index (κ1) is 14.4. The highest BCUT2D eigenvalue weighted by Crippen LogP contribution is 2.37. The summed E-state index contributed by atoms with van der Waals surface area (Å²) >= 11 is 0. The van der Waals surface area contributed by atoms with Crippen molar-refractivity contribution in [1.29, 1.82) is 0 Å². The molecule has 0 saturated heterocycles. The molecule has 1 heterocycles. The Bertz CT molecular complexity index is 508. The lowest BCUT2D eigenvalue weighted by Gasteiger charge is -2.31. The van der Waals surface area contributed by atoms with Gasteiger partial charge in [-0.15, -0.1) is 0 Å². The van der Waals surface area contributed by atoms with Crippen molar-refractivity contribution in [1.82, 2.24) is 0 Å². The minimum atomic E-state index is -0.674. The molecule has 21 heavy (non-hydrogen) atoms. The number of nitrogens with zero attached hydrogens (tertiary/aromatic N) is 1. The quantitative estimate of drug-likeness (QED) is 0.897. The van der Waals surface area contributed by atoms with Crippen LogP contribution in [0, 0.1) is 11.8 Å². The Hall–Kier alpha value is -1.51. The molecular weight excluding hydrogens is 262 g/mol. The Morgan fingerprint density at radius 1 is 1.33 bits per heavy atom. The highest BCUT2D eigenvalue weighted by Gasteiger charge is 2.33. The van der Waals surface area contributed by atoms with E-state index in [9.17, 15) is 9.90 Å². The molecule has 1 saturated carbocycles. The Balaban J connectivity index is 1.77. The second-order valence-corrected chi connectivity index (χ2v) is 6.76. The number of benzene rings is 1. The Morgan fingerprint density at radius 3 is 2.76 bits per heavy atom. The first-order chi connectivity index (χ1) is 10.1. The van der Waals surface area contributed by atoms with Crippen LogP contribution < -0.4 is 4.90 Å². The molecule has 1 aromatic carbocycles. The standard InChI is InChI=1S/C18H25NO2/c1-13(18(20)21)10-16-11-15-8-4-5-9-17(15)19(16)12-14-6-2-3-7-14/h4-5,8-9,13-14,16H,2-3,6-7,10-12H2,1H3,(H,20,21). The summed E-state index contributed by atoms with van der Waals surface area (Å²) in [4.78, 5) is 13.7. The number of carboxylic acids is 1. The van der Waals surface area contributed by atoms with Crippen LogP contribution in [-0.2, 0) is 11.2 Å². The van der Waals surface area contributed by atoms with Crippen LogP contribution in [0.5, 0.6) is 0 Å². The van der Waals surface area contributed by atoms with Crippen LogP contribution in [0.1, 0.15) is 44.6 Å². The maximum absolute atomic E-state index is 11.2. The topological polar surface area (TPSA) is 40.5 Å². The fourth-order valence-corrected chi connectivity index (χ4v) is 3.96. The van der Waals surface area contributed by atoms with Crippen LogP contribution >= 0.6 is 0 Å². The summed E-state index contributed by atoms with van der Waals surface area (Å²) in [6.45, 7) is 2.94. The van der Waals surface area contributed by atoms with Gasteiger partial charge in [0.1, 0.15) is 0 Å². The van der Waals surface area contributed by atoms with Gasteiger partial charge in [0.15, 0.2) is 0 Å². The first-order valence-corrected chi connectivity index (χ1v) is 8.22. The molecule has 1 aliphatic carbocycles. The van der Waals surface area contributed by atoms with Gasteiger partial charge in [0.25, 0.3) is 0 Å². The summed E-state index contributed by atoms with van der Waals surface area (Å²) in [7, 11) is 0. The summed E-state index contributed by atoms with van der Waals surface area (Å²) in [6.07, 6.45) is 7.13. The smallest absolute Gasteiger partial charge is 0.306 e. The minimum absolute atomic E-state index is 0.268. The van der Waals surface area contributed by atoms with Gasteiger partial charge < -0.3 is 10.0 Å². The largest absolute Gasteiger partial charge is 0.481 e. The molecule has 0 radical (unpaired) electrons. The number of anilines is 1. The number of hydrogen-bond donors (Lipinski definition) is 1. The lowest BCUT2D eigenvalue weighted by atomic mass is 9.98. The molecule has 3 nitrogen and oxygen atoms in total. The van der Waals surface area contributed by atoms with Gasteiger partial charge >= 0.3 is 5.97 Å². The molecule has 1 aromatic rings. The van der Waals surface area contributed by atoms with E-state index in [-0.39, 0.29) is 5.92 Å². The summed E-state index contributed by atoms with van der Waals surface area (Å²) in [5.74, 6) is -0.152. The molecule has 3 heteroatoms. The summed E-state index contributed by atoms with van der Waals surface area (Å²) in [5.41, 5.74) is 2.73. The van der Waals surface area contributed by atoms with E-state index in [0.29, 0.717) is 6.04 Å². The fourth-order valence-electron chi connectivity index (χ4n) is 3.96. The van der Waals surface area contributed by atoms with Crippen molar-refractivity contribution in [2.75, 3.05) is 11.4 Å². The van der Waals surface area contributed by atoms with Gasteiger partial charge in [-0.1, -0.05) is 38.0 Å². The first-order valence-electron chi connectivity index (χ1n) is 8.22. The van der Waals surface area contributed by atoms with E-state index in [1.54, 1.807) is 0 Å². The number of para-hydroxylation sites is 1. The molecule has 0 spiro atoms. The molecule has 0 amide bonds. The van der Waals surface area contributed by atoms with Crippen molar-refractivity contribution in [3.8, 4) is 0 Å². The number of fused-ring (bicyclic) bond motifs is 1. The second-order valence-electron chi connectivity index (χ2n) is 6.76. The van der Waals surface area contributed by atoms with Crippen LogP contribution in [0.15, 0.2) is 24.3 Å². The zero-order valence-electron chi connectivity index (χ0n) is 12.8. The second kappa shape index (κ2) is 6.08. The average Bonchev–Trinajstić information content (AvgIpc) is 3.08. The Kier molecular flexibility index (Phi) is 4.18. The van der Waals surface area contributed by atoms with Crippen molar-refractivity contribution in [2.45, 2.75) is 51.5 Å². The lowest BCUT2D eigenvalue weighted by molar-refractivity contribution is -0.141. The van der Waals surface area contributed by atoms with Gasteiger partial charge in [-0.3, -0.25) is 4.79 Å². The molecule has 1 N–H and O–H groups in total. The zero-order chi connectivity index (χ0) is 14.8. The highest BCUT2D eigenvalue weighted by atomic mass is 16.4. The predicted molar refractivity (Wildman–Crippen MR) is 84.7 cm³/mol. The van der Waals surface area contributed by atoms with Gasteiger partial charge in [-0.05, 0) is 43.2 Å². The van der Waals surface area contributed by atoms with Gasteiger partial charge in [0.05, 0.1) is 5.92 Å². The van der Waals surface area contributed by atoms with Gasteiger partial charge in [0, 0.05) is 18.3 Å². The maximum Gasteiger partial charge on any atom is 0.306 e. The molecule has 0 aromatic heterocycles. The number of hydrogen-bond acceptors (Lipinski definition) is 2. The highest BCUT2D eigenvalue weighted by molar-refractivity contribution is 5.70. The van der Waals surface area contributed by atoms with Crippen molar-refractivity contribution >= 4 is 11.7 Å². The fraction of sp³-hybridized carbons (Fsp3) is 0.611. The third-order valence-electron chi connectivity index (χ3n) is 5.17. The van der Waals surface area contributed by atoms with Crippen molar-refractivity contribution in [3.05, 3.63) is 29.8 Å². The van der Waals surface area contributed by atoms with Crippen LogP contribution in [0.4, 0.5) is 5.69 Å². The molecule has 114 valence electrons. The van der Waals surface area contributed by atoms with E-state index in [2.05, 4.69) is 29.2 Å². The van der Waals surface area contributed by atoms with Gasteiger partial charge in [0.2, 0.25) is 0 Å². The third kappa shape index (κ3) is 3.07. The van der Waals surface area contributed by atoms with Crippen LogP contribution in [-0.4, -0.2) is 23.7 Å². The monoisotopic (exact) mass is 287 g/mol. The molecule has 2 atom stereocenters. The molecule has 3 rings (SSSR count). The number of carbonyl (C=O) groups is 1. The van der Waals surface area contributed by atoms with E-state index in [1.807, 2.05) is 6.92 Å². The number of aliphatic carboxylic acids is 1. The zero-order valence-corrected chi connectivity index (χ0v) is 12.8. The van der Waals surface area contributed by atoms with Gasteiger partial charge in [-0.2, -0.15) is 0 Å². The summed E-state index contributed by atoms with van der Waals surface area (Å²) < 4.78 is 0. The molecule has 2 unspecified atom stereocenters.